The maximum absolute atomic E-state index is 9.35. The molecule has 0 saturated heterocycles. The van der Waals surface area contributed by atoms with E-state index in [0.717, 1.165) is 12.2 Å². The van der Waals surface area contributed by atoms with Crippen molar-refractivity contribution in [2.75, 3.05) is 7.11 Å². The van der Waals surface area contributed by atoms with Crippen LogP contribution in [0.4, 0.5) is 0 Å². The normalized spacial score (nSPS) is 13.0. The van der Waals surface area contributed by atoms with E-state index in [2.05, 4.69) is 26.0 Å². The van der Waals surface area contributed by atoms with Gasteiger partial charge >= 0.3 is 0 Å². The lowest BCUT2D eigenvalue weighted by molar-refractivity contribution is 0.414. The van der Waals surface area contributed by atoms with Crippen LogP contribution in [0.15, 0.2) is 48.3 Å². The molecule has 98 valence electrons. The largest absolute Gasteiger partial charge is 0.508 e. The number of benzene rings is 1. The Morgan fingerprint density at radius 2 is 1.89 bits per heavy atom. The lowest BCUT2D eigenvalue weighted by Crippen LogP contribution is -2.15. The Bertz CT molecular complexity index is 425. The second-order valence-corrected chi connectivity index (χ2v) is 4.93. The lowest BCUT2D eigenvalue weighted by Gasteiger charge is -2.23. The quantitative estimate of drug-likeness (QED) is 0.617. The number of hydrogen-bond acceptors (Lipinski definition) is 2. The Labute approximate surface area is 110 Å². The molecule has 18 heavy (non-hydrogen) atoms. The summed E-state index contributed by atoms with van der Waals surface area (Å²) in [6.45, 7) is 6.19. The van der Waals surface area contributed by atoms with Gasteiger partial charge in [-0.25, -0.2) is 0 Å². The molecule has 0 unspecified atom stereocenters. The summed E-state index contributed by atoms with van der Waals surface area (Å²) in [4.78, 5) is 0. The topological polar surface area (TPSA) is 29.5 Å². The van der Waals surface area contributed by atoms with Crippen molar-refractivity contribution in [2.24, 2.45) is 0 Å². The van der Waals surface area contributed by atoms with Crippen molar-refractivity contribution in [2.45, 2.75) is 32.6 Å². The van der Waals surface area contributed by atoms with Gasteiger partial charge in [-0.1, -0.05) is 32.1 Å². The van der Waals surface area contributed by atoms with E-state index in [-0.39, 0.29) is 5.41 Å². The third kappa shape index (κ3) is 3.95. The zero-order valence-electron chi connectivity index (χ0n) is 11.6. The molecular weight excluding hydrogens is 224 g/mol. The van der Waals surface area contributed by atoms with Crippen LogP contribution in [0.25, 0.3) is 0 Å². The van der Waals surface area contributed by atoms with Crippen LogP contribution in [-0.2, 0) is 5.41 Å². The summed E-state index contributed by atoms with van der Waals surface area (Å²) in [5.74, 6) is 1.18. The van der Waals surface area contributed by atoms with Gasteiger partial charge in [0.15, 0.2) is 0 Å². The Morgan fingerprint density at radius 1 is 1.28 bits per heavy atom. The van der Waals surface area contributed by atoms with Crippen LogP contribution >= 0.6 is 0 Å². The SMILES string of the molecule is C/C=C(O)\C=C/CC(C)(C)c1ccc(OC)cc1. The highest BCUT2D eigenvalue weighted by Gasteiger charge is 2.18. The molecule has 0 heterocycles. The first-order valence-corrected chi connectivity index (χ1v) is 6.16. The van der Waals surface area contributed by atoms with E-state index < -0.39 is 0 Å². The van der Waals surface area contributed by atoms with Gasteiger partial charge in [0, 0.05) is 0 Å². The van der Waals surface area contributed by atoms with Crippen molar-refractivity contribution in [3.8, 4) is 5.75 Å². The first-order chi connectivity index (χ1) is 8.49. The van der Waals surface area contributed by atoms with E-state index in [1.54, 1.807) is 19.3 Å². The van der Waals surface area contributed by atoms with Gasteiger partial charge in [-0.15, -0.1) is 0 Å². The molecule has 0 aliphatic rings. The smallest absolute Gasteiger partial charge is 0.118 e. The minimum atomic E-state index is 0.0385. The number of ether oxygens (including phenoxy) is 1. The molecule has 0 saturated carbocycles. The van der Waals surface area contributed by atoms with Crippen molar-refractivity contribution in [3.63, 3.8) is 0 Å². The van der Waals surface area contributed by atoms with E-state index in [0.29, 0.717) is 5.76 Å². The van der Waals surface area contributed by atoms with Gasteiger partial charge in [-0.2, -0.15) is 0 Å². The standard InChI is InChI=1S/C16H22O2/c1-5-14(17)7-6-12-16(2,3)13-8-10-15(18-4)11-9-13/h5-11,17H,12H2,1-4H3/b7-6-,14-5+. The molecule has 0 aliphatic carbocycles. The van der Waals surface area contributed by atoms with Gasteiger partial charge in [0.1, 0.15) is 11.5 Å². The third-order valence-electron chi connectivity index (χ3n) is 3.08. The molecule has 2 nitrogen and oxygen atoms in total. The lowest BCUT2D eigenvalue weighted by atomic mass is 9.81. The zero-order valence-corrected chi connectivity index (χ0v) is 11.6. The van der Waals surface area contributed by atoms with Gasteiger partial charge in [0.05, 0.1) is 7.11 Å². The first kappa shape index (κ1) is 14.4. The summed E-state index contributed by atoms with van der Waals surface area (Å²) < 4.78 is 5.15. The van der Waals surface area contributed by atoms with Crippen LogP contribution in [0.1, 0.15) is 32.8 Å². The van der Waals surface area contributed by atoms with Gasteiger partial charge in [-0.05, 0) is 48.6 Å². The average Bonchev–Trinajstić information content (AvgIpc) is 2.38. The number of hydrogen-bond donors (Lipinski definition) is 1. The van der Waals surface area contributed by atoms with Crippen LogP contribution < -0.4 is 4.74 Å². The molecule has 0 amide bonds. The molecule has 0 spiro atoms. The fraction of sp³-hybridized carbons (Fsp3) is 0.375. The monoisotopic (exact) mass is 246 g/mol. The second kappa shape index (κ2) is 6.29. The van der Waals surface area contributed by atoms with Crippen LogP contribution in [0.3, 0.4) is 0 Å². The highest BCUT2D eigenvalue weighted by atomic mass is 16.5. The minimum Gasteiger partial charge on any atom is -0.508 e. The molecule has 0 bridgehead atoms. The highest BCUT2D eigenvalue weighted by Crippen LogP contribution is 2.28. The number of rotatable bonds is 5. The maximum atomic E-state index is 9.35. The molecule has 0 atom stereocenters. The fourth-order valence-electron chi connectivity index (χ4n) is 1.73. The molecule has 1 aromatic carbocycles. The first-order valence-electron chi connectivity index (χ1n) is 6.16. The Hall–Kier alpha value is -1.70. The van der Waals surface area contributed by atoms with Gasteiger partial charge in [0.2, 0.25) is 0 Å². The number of aliphatic hydroxyl groups excluding tert-OH is 1. The van der Waals surface area contributed by atoms with Crippen molar-refractivity contribution in [3.05, 3.63) is 53.8 Å². The molecule has 1 N–H and O–H groups in total. The summed E-state index contributed by atoms with van der Waals surface area (Å²) in [7, 11) is 1.67. The zero-order chi connectivity index (χ0) is 13.6. The van der Waals surface area contributed by atoms with Gasteiger partial charge in [0.25, 0.3) is 0 Å². The van der Waals surface area contributed by atoms with Crippen LogP contribution in [0, 0.1) is 0 Å². The predicted octanol–water partition coefficient (Wildman–Crippen LogP) is 4.38. The van der Waals surface area contributed by atoms with Crippen LogP contribution in [-0.4, -0.2) is 12.2 Å². The fourth-order valence-corrected chi connectivity index (χ4v) is 1.73. The van der Waals surface area contributed by atoms with E-state index in [4.69, 9.17) is 4.74 Å². The molecule has 1 rings (SSSR count). The Kier molecular flexibility index (Phi) is 5.02. The highest BCUT2D eigenvalue weighted by molar-refractivity contribution is 5.32. The Balaban J connectivity index is 2.75. The summed E-state index contributed by atoms with van der Waals surface area (Å²) in [5.41, 5.74) is 1.30. The van der Waals surface area contributed by atoms with Crippen LogP contribution in [0.5, 0.6) is 5.75 Å². The van der Waals surface area contributed by atoms with Crippen molar-refractivity contribution in [1.29, 1.82) is 0 Å². The average molecular weight is 246 g/mol. The maximum Gasteiger partial charge on any atom is 0.118 e. The van der Waals surface area contributed by atoms with Gasteiger partial charge in [-0.3, -0.25) is 0 Å². The molecule has 2 heteroatoms. The number of methoxy groups -OCH3 is 1. The number of aliphatic hydroxyl groups is 1. The summed E-state index contributed by atoms with van der Waals surface area (Å²) in [6, 6.07) is 8.12. The van der Waals surface area contributed by atoms with Crippen molar-refractivity contribution >= 4 is 0 Å². The van der Waals surface area contributed by atoms with Crippen molar-refractivity contribution < 1.29 is 9.84 Å². The van der Waals surface area contributed by atoms with E-state index in [1.165, 1.54) is 5.56 Å². The predicted molar refractivity (Wildman–Crippen MR) is 76.2 cm³/mol. The van der Waals surface area contributed by atoms with Crippen molar-refractivity contribution in [1.82, 2.24) is 0 Å². The van der Waals surface area contributed by atoms with Gasteiger partial charge < -0.3 is 9.84 Å². The Morgan fingerprint density at radius 3 is 2.39 bits per heavy atom. The second-order valence-electron chi connectivity index (χ2n) is 4.93. The minimum absolute atomic E-state index is 0.0385. The molecule has 0 fully saturated rings. The number of allylic oxidation sites excluding steroid dienone is 3. The molecule has 0 aromatic heterocycles. The third-order valence-corrected chi connectivity index (χ3v) is 3.08. The molecule has 1 aromatic rings. The molecule has 0 radical (unpaired) electrons. The van der Waals surface area contributed by atoms with E-state index in [9.17, 15) is 5.11 Å². The van der Waals surface area contributed by atoms with E-state index >= 15 is 0 Å². The molecule has 0 aliphatic heterocycles. The van der Waals surface area contributed by atoms with E-state index in [1.807, 2.05) is 25.1 Å². The summed E-state index contributed by atoms with van der Waals surface area (Å²) >= 11 is 0. The van der Waals surface area contributed by atoms with Crippen LogP contribution in [0.2, 0.25) is 0 Å². The summed E-state index contributed by atoms with van der Waals surface area (Å²) in [5, 5.41) is 9.35. The molecular formula is C16H22O2. The summed E-state index contributed by atoms with van der Waals surface area (Å²) in [6.07, 6.45) is 6.29.